The number of halogens is 1. The summed E-state index contributed by atoms with van der Waals surface area (Å²) in [5, 5.41) is 8.47. The average molecular weight is 442 g/mol. The second-order valence-electron chi connectivity index (χ2n) is 8.12. The summed E-state index contributed by atoms with van der Waals surface area (Å²) in [4.78, 5) is 19.3. The maximum atomic E-state index is 13.0. The van der Waals surface area contributed by atoms with Crippen molar-refractivity contribution in [1.82, 2.24) is 24.8 Å². The summed E-state index contributed by atoms with van der Waals surface area (Å²) in [6, 6.07) is 5.67. The van der Waals surface area contributed by atoms with Crippen LogP contribution >= 0.6 is 0 Å². The largest absolute Gasteiger partial charge is 0.493 e. The number of rotatable bonds is 8. The molecule has 0 radical (unpaired) electrons. The lowest BCUT2D eigenvalue weighted by Gasteiger charge is -2.22. The third kappa shape index (κ3) is 4.81. The molecule has 1 fully saturated rings. The fourth-order valence-corrected chi connectivity index (χ4v) is 4.17. The lowest BCUT2D eigenvalue weighted by molar-refractivity contribution is -0.132. The molecule has 9 heteroatoms. The highest BCUT2D eigenvalue weighted by Gasteiger charge is 2.33. The molecule has 3 heterocycles. The van der Waals surface area contributed by atoms with Gasteiger partial charge in [0.15, 0.2) is 5.82 Å². The lowest BCUT2D eigenvalue weighted by atomic mass is 10.1. The average Bonchev–Trinajstić information content (AvgIpc) is 3.48. The smallest absolute Gasteiger partial charge is 0.249 e. The number of benzene rings is 1. The van der Waals surface area contributed by atoms with E-state index in [2.05, 4.69) is 15.2 Å². The van der Waals surface area contributed by atoms with E-state index in [1.165, 1.54) is 12.1 Å². The molecule has 8 nitrogen and oxygen atoms in total. The molecule has 1 atom stereocenters. The predicted octanol–water partition coefficient (Wildman–Crippen LogP) is 3.48. The van der Waals surface area contributed by atoms with Crippen molar-refractivity contribution in [2.24, 2.45) is 7.05 Å². The quantitative estimate of drug-likeness (QED) is 0.532. The molecule has 1 saturated heterocycles. The Balaban J connectivity index is 1.32. The molecule has 0 bridgehead atoms. The Morgan fingerprint density at radius 1 is 1.25 bits per heavy atom. The summed E-state index contributed by atoms with van der Waals surface area (Å²) in [5.74, 6) is 1.38. The Bertz CT molecular complexity index is 1080. The monoisotopic (exact) mass is 441 g/mol. The van der Waals surface area contributed by atoms with E-state index >= 15 is 0 Å². The van der Waals surface area contributed by atoms with Crippen molar-refractivity contribution >= 4 is 5.91 Å². The molecule has 1 aromatic carbocycles. The van der Waals surface area contributed by atoms with Crippen molar-refractivity contribution in [3.8, 4) is 5.75 Å². The van der Waals surface area contributed by atoms with E-state index in [-0.39, 0.29) is 17.8 Å². The maximum Gasteiger partial charge on any atom is 0.249 e. The van der Waals surface area contributed by atoms with Gasteiger partial charge in [-0.2, -0.15) is 10.1 Å². The van der Waals surface area contributed by atoms with Gasteiger partial charge in [-0.1, -0.05) is 5.16 Å². The molecule has 3 aromatic rings. The highest BCUT2D eigenvalue weighted by molar-refractivity contribution is 5.77. The number of aromatic nitrogens is 4. The minimum absolute atomic E-state index is 0.0922. The van der Waals surface area contributed by atoms with Crippen LogP contribution in [0.4, 0.5) is 4.39 Å². The summed E-state index contributed by atoms with van der Waals surface area (Å²) < 4.78 is 25.9. The van der Waals surface area contributed by atoms with Crippen LogP contribution in [0.2, 0.25) is 0 Å². The van der Waals surface area contributed by atoms with Crippen LogP contribution in [0.25, 0.3) is 0 Å². The molecule has 1 aliphatic heterocycles. The van der Waals surface area contributed by atoms with Gasteiger partial charge >= 0.3 is 0 Å². The molecule has 0 spiro atoms. The summed E-state index contributed by atoms with van der Waals surface area (Å²) >= 11 is 0. The molecule has 170 valence electrons. The highest BCUT2D eigenvalue weighted by atomic mass is 19.1. The van der Waals surface area contributed by atoms with Gasteiger partial charge in [0.1, 0.15) is 17.6 Å². The maximum absolute atomic E-state index is 13.0. The number of hydrogen-bond acceptors (Lipinski definition) is 6. The summed E-state index contributed by atoms with van der Waals surface area (Å²) in [5.41, 5.74) is 3.20. The molecule has 2 aromatic heterocycles. The highest BCUT2D eigenvalue weighted by Crippen LogP contribution is 2.32. The molecule has 0 saturated carbocycles. The van der Waals surface area contributed by atoms with Gasteiger partial charge in [-0.15, -0.1) is 0 Å². The van der Waals surface area contributed by atoms with Gasteiger partial charge in [-0.25, -0.2) is 4.39 Å². The topological polar surface area (TPSA) is 86.3 Å². The third-order valence-electron chi connectivity index (χ3n) is 6.00. The first-order valence-electron chi connectivity index (χ1n) is 10.9. The number of carbonyl (C=O) groups excluding carboxylic acids is 1. The van der Waals surface area contributed by atoms with Crippen molar-refractivity contribution in [3.63, 3.8) is 0 Å². The second-order valence-corrected chi connectivity index (χ2v) is 8.12. The Morgan fingerprint density at radius 2 is 2.03 bits per heavy atom. The number of aryl methyl sites for hydroxylation is 2. The van der Waals surface area contributed by atoms with Gasteiger partial charge in [0.25, 0.3) is 0 Å². The zero-order valence-electron chi connectivity index (χ0n) is 18.7. The van der Waals surface area contributed by atoms with Crippen LogP contribution in [0.1, 0.15) is 54.0 Å². The summed E-state index contributed by atoms with van der Waals surface area (Å²) in [6.45, 7) is 5.05. The zero-order chi connectivity index (χ0) is 22.7. The second kappa shape index (κ2) is 9.50. The molecule has 1 unspecified atom stereocenters. The number of ether oxygens (including phenoxy) is 1. The molecular formula is C23H28FN5O3. The Hall–Kier alpha value is -3.23. The van der Waals surface area contributed by atoms with Crippen molar-refractivity contribution in [2.45, 2.75) is 52.0 Å². The third-order valence-corrected chi connectivity index (χ3v) is 6.00. The van der Waals surface area contributed by atoms with Gasteiger partial charge < -0.3 is 14.2 Å². The molecule has 4 rings (SSSR count). The first-order valence-corrected chi connectivity index (χ1v) is 10.9. The van der Waals surface area contributed by atoms with Crippen LogP contribution in [-0.2, 0) is 24.7 Å². The molecule has 32 heavy (non-hydrogen) atoms. The van der Waals surface area contributed by atoms with Crippen LogP contribution < -0.4 is 4.74 Å². The lowest BCUT2D eigenvalue weighted by Crippen LogP contribution is -2.31. The van der Waals surface area contributed by atoms with Gasteiger partial charge in [0.2, 0.25) is 11.8 Å². The van der Waals surface area contributed by atoms with Crippen molar-refractivity contribution in [1.29, 1.82) is 0 Å². The number of hydrogen-bond donors (Lipinski definition) is 0. The molecular weight excluding hydrogens is 413 g/mol. The Kier molecular flexibility index (Phi) is 6.53. The van der Waals surface area contributed by atoms with Crippen LogP contribution in [-0.4, -0.2) is 43.9 Å². The van der Waals surface area contributed by atoms with E-state index in [4.69, 9.17) is 9.26 Å². The normalized spacial score (nSPS) is 16.0. The molecule has 0 aliphatic carbocycles. The number of amides is 1. The van der Waals surface area contributed by atoms with E-state index in [1.807, 2.05) is 30.5 Å². The van der Waals surface area contributed by atoms with Gasteiger partial charge in [0, 0.05) is 32.1 Å². The molecule has 1 amide bonds. The zero-order valence-corrected chi connectivity index (χ0v) is 18.7. The fraction of sp³-hybridized carbons (Fsp3) is 0.478. The summed E-state index contributed by atoms with van der Waals surface area (Å²) in [7, 11) is 1.92. The van der Waals surface area contributed by atoms with Crippen LogP contribution in [0, 0.1) is 19.7 Å². The molecule has 1 aliphatic rings. The van der Waals surface area contributed by atoms with Crippen molar-refractivity contribution in [3.05, 3.63) is 58.7 Å². The number of likely N-dealkylation sites (tertiary alicyclic amines) is 1. The first kappa shape index (κ1) is 22.0. The van der Waals surface area contributed by atoms with Crippen molar-refractivity contribution in [2.75, 3.05) is 13.2 Å². The van der Waals surface area contributed by atoms with Gasteiger partial charge in [0.05, 0.1) is 12.3 Å². The van der Waals surface area contributed by atoms with E-state index in [0.29, 0.717) is 49.9 Å². The van der Waals surface area contributed by atoms with Crippen LogP contribution in [0.15, 0.2) is 28.8 Å². The first-order chi connectivity index (χ1) is 15.4. The minimum atomic E-state index is -0.304. The van der Waals surface area contributed by atoms with E-state index < -0.39 is 0 Å². The summed E-state index contributed by atoms with van der Waals surface area (Å²) in [6.07, 6.45) is 3.28. The van der Waals surface area contributed by atoms with Gasteiger partial charge in [-0.3, -0.25) is 9.48 Å². The Labute approximate surface area is 186 Å². The molecule has 0 N–H and O–H groups in total. The number of carbonyl (C=O) groups is 1. The van der Waals surface area contributed by atoms with E-state index in [0.717, 1.165) is 29.8 Å². The van der Waals surface area contributed by atoms with Crippen molar-refractivity contribution < 1.29 is 18.4 Å². The van der Waals surface area contributed by atoms with E-state index in [9.17, 15) is 9.18 Å². The fourth-order valence-electron chi connectivity index (χ4n) is 4.17. The SMILES string of the molecule is Cc1nn(C)c(C)c1CCC(=O)N1CCCC1c1nc(CCOc2ccc(F)cc2)no1. The van der Waals surface area contributed by atoms with E-state index in [1.54, 1.807) is 12.1 Å². The predicted molar refractivity (Wildman–Crippen MR) is 115 cm³/mol. The number of nitrogens with zero attached hydrogens (tertiary/aromatic N) is 5. The van der Waals surface area contributed by atoms with Gasteiger partial charge in [-0.05, 0) is 62.9 Å². The van der Waals surface area contributed by atoms with Crippen LogP contribution in [0.5, 0.6) is 5.75 Å². The Morgan fingerprint density at radius 3 is 2.75 bits per heavy atom. The van der Waals surface area contributed by atoms with Crippen LogP contribution in [0.3, 0.4) is 0 Å². The standard InChI is InChI=1S/C23H28FN5O3/c1-15-19(16(2)28(3)26-15)10-11-22(30)29-13-4-5-20(29)23-25-21(27-32-23)12-14-31-18-8-6-17(24)7-9-18/h6-9,20H,4-5,10-14H2,1-3H3. The minimum Gasteiger partial charge on any atom is -0.493 e.